The minimum Gasteiger partial charge on any atom is -0.468 e. The number of esters is 1. The van der Waals surface area contributed by atoms with Gasteiger partial charge in [0.1, 0.15) is 23.4 Å². The van der Waals surface area contributed by atoms with E-state index in [1.807, 2.05) is 12.3 Å². The molecule has 2 fully saturated rings. The van der Waals surface area contributed by atoms with Gasteiger partial charge in [0.05, 0.1) is 19.9 Å². The summed E-state index contributed by atoms with van der Waals surface area (Å²) in [7, 11) is 3.56. The molecule has 0 bridgehead atoms. The number of rotatable bonds is 11. The summed E-state index contributed by atoms with van der Waals surface area (Å²) in [5.74, 6) is 2.38. The maximum absolute atomic E-state index is 11.8. The van der Waals surface area contributed by atoms with Gasteiger partial charge in [0, 0.05) is 58.5 Å². The fraction of sp³-hybridized carbons (Fsp3) is 0.696. The highest BCUT2D eigenvalue weighted by atomic mass is 16.5. The average molecular weight is 503 g/mol. The Morgan fingerprint density at radius 3 is 2.78 bits per heavy atom. The third-order valence-corrected chi connectivity index (χ3v) is 6.67. The van der Waals surface area contributed by atoms with Gasteiger partial charge in [0.15, 0.2) is 0 Å². The van der Waals surface area contributed by atoms with Gasteiger partial charge in [-0.25, -0.2) is 0 Å². The second-order valence-corrected chi connectivity index (χ2v) is 9.44. The zero-order valence-electron chi connectivity index (χ0n) is 21.2. The Labute approximate surface area is 211 Å². The van der Waals surface area contributed by atoms with Gasteiger partial charge in [0.2, 0.25) is 5.95 Å². The normalized spacial score (nSPS) is 20.8. The fourth-order valence-electron chi connectivity index (χ4n) is 4.41. The van der Waals surface area contributed by atoms with Gasteiger partial charge in [0.25, 0.3) is 0 Å². The smallest absolute Gasteiger partial charge is 0.322 e. The maximum Gasteiger partial charge on any atom is 0.322 e. The van der Waals surface area contributed by atoms with Gasteiger partial charge < -0.3 is 35.6 Å². The van der Waals surface area contributed by atoms with Crippen LogP contribution in [0.3, 0.4) is 0 Å². The lowest BCUT2D eigenvalue weighted by atomic mass is 9.94. The molecule has 2 unspecified atom stereocenters. The minimum absolute atomic E-state index is 0.124. The summed E-state index contributed by atoms with van der Waals surface area (Å²) in [6, 6.07) is 1.79. The van der Waals surface area contributed by atoms with Gasteiger partial charge in [-0.1, -0.05) is 5.21 Å². The highest BCUT2D eigenvalue weighted by molar-refractivity contribution is 5.75. The van der Waals surface area contributed by atoms with Crippen LogP contribution in [0.5, 0.6) is 0 Å². The first-order valence-electron chi connectivity index (χ1n) is 12.7. The molecular weight excluding hydrogens is 464 g/mol. The van der Waals surface area contributed by atoms with E-state index in [4.69, 9.17) is 19.8 Å². The summed E-state index contributed by atoms with van der Waals surface area (Å²) in [6.07, 6.45) is 4.21. The molecule has 4 rings (SSSR count). The van der Waals surface area contributed by atoms with Crippen molar-refractivity contribution in [2.75, 3.05) is 75.6 Å². The molecule has 198 valence electrons. The van der Waals surface area contributed by atoms with Crippen LogP contribution in [0.4, 0.5) is 17.6 Å². The van der Waals surface area contributed by atoms with E-state index in [0.29, 0.717) is 31.4 Å². The van der Waals surface area contributed by atoms with E-state index < -0.39 is 0 Å². The molecule has 2 aliphatic heterocycles. The van der Waals surface area contributed by atoms with Crippen molar-refractivity contribution in [2.24, 2.45) is 5.92 Å². The van der Waals surface area contributed by atoms with Crippen LogP contribution < -0.4 is 20.9 Å². The lowest BCUT2D eigenvalue weighted by Gasteiger charge is -2.33. The number of aromatic nitrogens is 5. The maximum atomic E-state index is 11.8. The van der Waals surface area contributed by atoms with Crippen LogP contribution in [0.2, 0.25) is 0 Å². The van der Waals surface area contributed by atoms with Crippen molar-refractivity contribution in [3.8, 4) is 0 Å². The number of ether oxygens (including phenoxy) is 1. The molecule has 0 radical (unpaired) electrons. The van der Waals surface area contributed by atoms with E-state index in [0.717, 1.165) is 69.4 Å². The highest BCUT2D eigenvalue weighted by Crippen LogP contribution is 2.22. The number of hydrogen-bond acceptors (Lipinski definition) is 12. The topological polar surface area (TPSA) is 146 Å². The molecule has 2 saturated heterocycles. The minimum atomic E-state index is -0.216. The van der Waals surface area contributed by atoms with Crippen molar-refractivity contribution in [3.63, 3.8) is 0 Å². The van der Waals surface area contributed by atoms with Crippen molar-refractivity contribution >= 4 is 23.6 Å². The number of piperazine rings is 1. The molecule has 0 aliphatic carbocycles. The molecule has 0 aromatic carbocycles. The summed E-state index contributed by atoms with van der Waals surface area (Å²) in [6.45, 7) is 6.50. The summed E-state index contributed by atoms with van der Waals surface area (Å²) < 4.78 is 6.58. The largest absolute Gasteiger partial charge is 0.468 e. The first-order chi connectivity index (χ1) is 17.5. The van der Waals surface area contributed by atoms with Gasteiger partial charge in [-0.3, -0.25) is 9.48 Å². The summed E-state index contributed by atoms with van der Waals surface area (Å²) in [4.78, 5) is 25.8. The molecule has 2 atom stereocenters. The van der Waals surface area contributed by atoms with Crippen molar-refractivity contribution in [1.29, 1.82) is 0 Å². The SMILES string of the molecule is COC(=O)C1CCC(CNc2cc(N3CCN(C)CC3)nc(NCc3cn(CCCO)nn3)n2)CN1. The lowest BCUT2D eigenvalue weighted by Crippen LogP contribution is -2.46. The quantitative estimate of drug-likeness (QED) is 0.301. The zero-order valence-corrected chi connectivity index (χ0v) is 21.2. The van der Waals surface area contributed by atoms with E-state index in [1.165, 1.54) is 7.11 Å². The van der Waals surface area contributed by atoms with Crippen LogP contribution in [-0.2, 0) is 22.6 Å². The molecule has 36 heavy (non-hydrogen) atoms. The predicted octanol–water partition coefficient (Wildman–Crippen LogP) is -0.232. The van der Waals surface area contributed by atoms with Crippen LogP contribution in [-0.4, -0.2) is 107 Å². The van der Waals surface area contributed by atoms with Crippen molar-refractivity contribution < 1.29 is 14.6 Å². The number of nitrogens with zero attached hydrogens (tertiary/aromatic N) is 7. The van der Waals surface area contributed by atoms with E-state index in [9.17, 15) is 4.79 Å². The van der Waals surface area contributed by atoms with Crippen LogP contribution in [0.25, 0.3) is 0 Å². The van der Waals surface area contributed by atoms with E-state index in [-0.39, 0.29) is 18.6 Å². The molecule has 4 N–H and O–H groups in total. The fourth-order valence-corrected chi connectivity index (χ4v) is 4.41. The number of nitrogens with one attached hydrogen (secondary N) is 3. The van der Waals surface area contributed by atoms with Crippen molar-refractivity contribution in [2.45, 2.75) is 38.4 Å². The van der Waals surface area contributed by atoms with E-state index >= 15 is 0 Å². The standard InChI is InChI=1S/C23H38N10O3/c1-31-7-9-32(10-8-31)21-12-20(25-14-17-4-5-19(24-13-17)22(35)36-2)27-23(28-21)26-15-18-16-33(30-29-18)6-3-11-34/h12,16-17,19,24,34H,3-11,13-15H2,1-2H3,(H2,25,26,27,28). The predicted molar refractivity (Wildman–Crippen MR) is 136 cm³/mol. The van der Waals surface area contributed by atoms with Crippen molar-refractivity contribution in [3.05, 3.63) is 18.0 Å². The van der Waals surface area contributed by atoms with Crippen LogP contribution in [0, 0.1) is 5.92 Å². The molecule has 0 saturated carbocycles. The molecule has 2 aromatic heterocycles. The van der Waals surface area contributed by atoms with E-state index in [2.05, 4.69) is 43.1 Å². The Hall–Kier alpha value is -3.03. The zero-order chi connectivity index (χ0) is 25.3. The van der Waals surface area contributed by atoms with Gasteiger partial charge in [-0.15, -0.1) is 5.10 Å². The van der Waals surface area contributed by atoms with Gasteiger partial charge >= 0.3 is 5.97 Å². The number of aryl methyl sites for hydroxylation is 1. The molecule has 0 amide bonds. The second kappa shape index (κ2) is 12.8. The number of aliphatic hydroxyl groups excluding tert-OH is 1. The molecule has 2 aliphatic rings. The van der Waals surface area contributed by atoms with Crippen LogP contribution in [0.1, 0.15) is 25.0 Å². The summed E-state index contributed by atoms with van der Waals surface area (Å²) in [5, 5.41) is 27.4. The third kappa shape index (κ3) is 7.24. The molecule has 0 spiro atoms. The molecule has 13 nitrogen and oxygen atoms in total. The summed E-state index contributed by atoms with van der Waals surface area (Å²) in [5.41, 5.74) is 0.782. The first kappa shape index (κ1) is 26.0. The first-order valence-corrected chi connectivity index (χ1v) is 12.7. The van der Waals surface area contributed by atoms with Crippen molar-refractivity contribution in [1.82, 2.24) is 35.2 Å². The van der Waals surface area contributed by atoms with Gasteiger partial charge in [-0.2, -0.15) is 9.97 Å². The van der Waals surface area contributed by atoms with Gasteiger partial charge in [-0.05, 0) is 32.2 Å². The Kier molecular flexibility index (Phi) is 9.25. The summed E-state index contributed by atoms with van der Waals surface area (Å²) >= 11 is 0. The molecule has 2 aromatic rings. The number of piperidine rings is 1. The van der Waals surface area contributed by atoms with Crippen LogP contribution >= 0.6 is 0 Å². The average Bonchev–Trinajstić information content (AvgIpc) is 3.37. The number of carbonyl (C=O) groups is 1. The number of methoxy groups -OCH3 is 1. The Morgan fingerprint density at radius 2 is 2.06 bits per heavy atom. The second-order valence-electron chi connectivity index (χ2n) is 9.44. The number of likely N-dealkylation sites (N-methyl/N-ethyl adjacent to an activating group) is 1. The number of carbonyl (C=O) groups excluding carboxylic acids is 1. The third-order valence-electron chi connectivity index (χ3n) is 6.67. The monoisotopic (exact) mass is 502 g/mol. The lowest BCUT2D eigenvalue weighted by molar-refractivity contribution is -0.143. The molecule has 4 heterocycles. The number of anilines is 3. The van der Waals surface area contributed by atoms with E-state index in [1.54, 1.807) is 4.68 Å². The van der Waals surface area contributed by atoms with Crippen LogP contribution in [0.15, 0.2) is 12.3 Å². The Balaban J connectivity index is 1.39. The Bertz CT molecular complexity index is 971. The molecular formula is C23H38N10O3. The Morgan fingerprint density at radius 1 is 1.22 bits per heavy atom. The molecule has 13 heteroatoms. The highest BCUT2D eigenvalue weighted by Gasteiger charge is 2.26. The number of hydrogen-bond donors (Lipinski definition) is 4. The number of aliphatic hydroxyl groups is 1.